The van der Waals surface area contributed by atoms with Crippen LogP contribution in [0.1, 0.15) is 23.9 Å². The van der Waals surface area contributed by atoms with E-state index in [2.05, 4.69) is 52.1 Å². The number of carbonyl (C=O) groups is 1. The van der Waals surface area contributed by atoms with Crippen LogP contribution in [0.15, 0.2) is 46.1 Å². The summed E-state index contributed by atoms with van der Waals surface area (Å²) in [6.45, 7) is 9.45. The number of nitrogens with zero attached hydrogens (tertiary/aromatic N) is 5. The van der Waals surface area contributed by atoms with E-state index in [1.165, 1.54) is 28.6 Å². The molecule has 1 aliphatic rings. The first-order valence-electron chi connectivity index (χ1n) is 10.5. The minimum absolute atomic E-state index is 0.154. The largest absolute Gasteiger partial charge is 0.368 e. The number of amides is 1. The van der Waals surface area contributed by atoms with Gasteiger partial charge in [0.2, 0.25) is 5.91 Å². The molecule has 0 aliphatic carbocycles. The first-order chi connectivity index (χ1) is 15.0. The molecule has 8 heteroatoms. The van der Waals surface area contributed by atoms with Crippen molar-refractivity contribution in [2.24, 2.45) is 0 Å². The van der Waals surface area contributed by atoms with Crippen LogP contribution < -0.4 is 4.90 Å². The molecule has 4 rings (SSSR count). The molecular weight excluding hydrogens is 410 g/mol. The molecule has 7 nitrogen and oxygen atoms in total. The number of hydrogen-bond acceptors (Lipinski definition) is 7. The lowest BCUT2D eigenvalue weighted by Crippen LogP contribution is -2.49. The van der Waals surface area contributed by atoms with Crippen molar-refractivity contribution < 1.29 is 9.32 Å². The first-order valence-corrected chi connectivity index (χ1v) is 11.5. The highest BCUT2D eigenvalue weighted by atomic mass is 32.2. The van der Waals surface area contributed by atoms with E-state index in [0.29, 0.717) is 17.5 Å². The van der Waals surface area contributed by atoms with Crippen molar-refractivity contribution in [3.05, 3.63) is 53.5 Å². The van der Waals surface area contributed by atoms with Crippen LogP contribution in [0.3, 0.4) is 0 Å². The van der Waals surface area contributed by atoms with Crippen LogP contribution in [-0.4, -0.2) is 57.9 Å². The van der Waals surface area contributed by atoms with Gasteiger partial charge >= 0.3 is 0 Å². The topological polar surface area (TPSA) is 75.4 Å². The van der Waals surface area contributed by atoms with Gasteiger partial charge in [-0.3, -0.25) is 4.79 Å². The Morgan fingerprint density at radius 2 is 1.94 bits per heavy atom. The third-order valence-electron chi connectivity index (χ3n) is 5.45. The Kier molecular flexibility index (Phi) is 6.56. The molecule has 3 heterocycles. The van der Waals surface area contributed by atoms with Gasteiger partial charge in [0.05, 0.1) is 16.3 Å². The normalized spacial score (nSPS) is 14.2. The molecule has 1 amide bonds. The highest BCUT2D eigenvalue weighted by Crippen LogP contribution is 2.24. The summed E-state index contributed by atoms with van der Waals surface area (Å²) in [5, 5.41) is 4.71. The molecule has 0 radical (unpaired) electrons. The van der Waals surface area contributed by atoms with E-state index in [0.717, 1.165) is 43.2 Å². The zero-order chi connectivity index (χ0) is 21.8. The van der Waals surface area contributed by atoms with Crippen LogP contribution in [-0.2, 0) is 11.2 Å². The number of thioether (sulfide) groups is 1. The lowest BCUT2D eigenvalue weighted by Gasteiger charge is -2.37. The summed E-state index contributed by atoms with van der Waals surface area (Å²) in [6, 6.07) is 10.3. The minimum Gasteiger partial charge on any atom is -0.368 e. The SMILES string of the molecule is CCc1noc(-c2ccc(SCC(=O)N3CCN(c4cc(C)ccc4C)CC3)nc2)n1. The number of hydrogen-bond donors (Lipinski definition) is 0. The van der Waals surface area contributed by atoms with Crippen molar-refractivity contribution >= 4 is 23.4 Å². The fraction of sp³-hybridized carbons (Fsp3) is 0.391. The summed E-state index contributed by atoms with van der Waals surface area (Å²) in [6.07, 6.45) is 2.44. The van der Waals surface area contributed by atoms with E-state index < -0.39 is 0 Å². The molecule has 1 fully saturated rings. The Hall–Kier alpha value is -2.87. The zero-order valence-electron chi connectivity index (χ0n) is 18.2. The van der Waals surface area contributed by atoms with E-state index in [-0.39, 0.29) is 5.91 Å². The molecule has 0 N–H and O–H groups in total. The predicted molar refractivity (Wildman–Crippen MR) is 122 cm³/mol. The van der Waals surface area contributed by atoms with E-state index in [4.69, 9.17) is 4.52 Å². The number of aryl methyl sites for hydroxylation is 3. The molecule has 0 atom stereocenters. The van der Waals surface area contributed by atoms with Gasteiger partial charge in [-0.1, -0.05) is 36.0 Å². The number of piperazine rings is 1. The average Bonchev–Trinajstić information content (AvgIpc) is 3.29. The van der Waals surface area contributed by atoms with Crippen molar-refractivity contribution in [2.75, 3.05) is 36.8 Å². The van der Waals surface area contributed by atoms with Gasteiger partial charge in [0.25, 0.3) is 5.89 Å². The van der Waals surface area contributed by atoms with Crippen molar-refractivity contribution in [1.29, 1.82) is 0 Å². The van der Waals surface area contributed by atoms with Gasteiger partial charge in [0.15, 0.2) is 5.82 Å². The zero-order valence-corrected chi connectivity index (χ0v) is 19.0. The van der Waals surface area contributed by atoms with E-state index >= 15 is 0 Å². The molecule has 0 unspecified atom stereocenters. The summed E-state index contributed by atoms with van der Waals surface area (Å²) in [4.78, 5) is 25.8. The van der Waals surface area contributed by atoms with Gasteiger partial charge in [0, 0.05) is 44.5 Å². The molecule has 0 bridgehead atoms. The molecule has 1 aromatic carbocycles. The number of aromatic nitrogens is 3. The summed E-state index contributed by atoms with van der Waals surface area (Å²) in [5.74, 6) is 1.69. The van der Waals surface area contributed by atoms with E-state index in [1.807, 2.05) is 24.0 Å². The van der Waals surface area contributed by atoms with Crippen molar-refractivity contribution in [3.8, 4) is 11.5 Å². The number of benzene rings is 1. The van der Waals surface area contributed by atoms with Crippen LogP contribution >= 0.6 is 11.8 Å². The summed E-state index contributed by atoms with van der Waals surface area (Å²) in [7, 11) is 0. The molecule has 2 aromatic heterocycles. The Bertz CT molecular complexity index is 1040. The monoisotopic (exact) mass is 437 g/mol. The number of anilines is 1. The molecule has 1 aliphatic heterocycles. The maximum atomic E-state index is 12.7. The molecule has 3 aromatic rings. The van der Waals surface area contributed by atoms with Gasteiger partial charge < -0.3 is 14.3 Å². The summed E-state index contributed by atoms with van der Waals surface area (Å²) >= 11 is 1.45. The maximum absolute atomic E-state index is 12.7. The van der Waals surface area contributed by atoms with Crippen LogP contribution in [0.25, 0.3) is 11.5 Å². The second-order valence-electron chi connectivity index (χ2n) is 7.70. The van der Waals surface area contributed by atoms with E-state index in [1.54, 1.807) is 6.20 Å². The number of rotatable bonds is 6. The van der Waals surface area contributed by atoms with Gasteiger partial charge in [-0.15, -0.1) is 0 Å². The van der Waals surface area contributed by atoms with Crippen LogP contribution in [0.5, 0.6) is 0 Å². The Morgan fingerprint density at radius 3 is 2.61 bits per heavy atom. The lowest BCUT2D eigenvalue weighted by atomic mass is 10.1. The fourth-order valence-corrected chi connectivity index (χ4v) is 4.34. The van der Waals surface area contributed by atoms with Crippen molar-refractivity contribution in [2.45, 2.75) is 32.2 Å². The van der Waals surface area contributed by atoms with Gasteiger partial charge in [-0.05, 0) is 43.2 Å². The predicted octanol–water partition coefficient (Wildman–Crippen LogP) is 3.75. The lowest BCUT2D eigenvalue weighted by molar-refractivity contribution is -0.128. The molecule has 162 valence electrons. The Balaban J connectivity index is 1.28. The highest BCUT2D eigenvalue weighted by molar-refractivity contribution is 7.99. The number of carbonyl (C=O) groups excluding carboxylic acids is 1. The first kappa shape index (κ1) is 21.4. The molecule has 0 saturated carbocycles. The number of pyridine rings is 1. The quantitative estimate of drug-likeness (QED) is 0.544. The van der Waals surface area contributed by atoms with Gasteiger partial charge in [0.1, 0.15) is 0 Å². The smallest absolute Gasteiger partial charge is 0.259 e. The standard InChI is InChI=1S/C23H27N5O2S/c1-4-20-25-23(30-26-20)18-7-8-21(24-14-18)31-15-22(29)28-11-9-27(10-12-28)19-13-16(2)5-6-17(19)3/h5-8,13-14H,4,9-12,15H2,1-3H3. The third kappa shape index (κ3) is 5.07. The second-order valence-corrected chi connectivity index (χ2v) is 8.70. The Labute approximate surface area is 186 Å². The molecular formula is C23H27N5O2S. The summed E-state index contributed by atoms with van der Waals surface area (Å²) in [5.41, 5.74) is 4.60. The van der Waals surface area contributed by atoms with E-state index in [9.17, 15) is 4.79 Å². The molecule has 0 spiro atoms. The van der Waals surface area contributed by atoms with Gasteiger partial charge in [-0.25, -0.2) is 4.98 Å². The minimum atomic E-state index is 0.154. The molecule has 31 heavy (non-hydrogen) atoms. The van der Waals surface area contributed by atoms with Crippen molar-refractivity contribution in [3.63, 3.8) is 0 Å². The fourth-order valence-electron chi connectivity index (χ4n) is 3.59. The van der Waals surface area contributed by atoms with Crippen molar-refractivity contribution in [1.82, 2.24) is 20.0 Å². The van der Waals surface area contributed by atoms with Gasteiger partial charge in [-0.2, -0.15) is 4.98 Å². The van der Waals surface area contributed by atoms with Crippen LogP contribution in [0, 0.1) is 13.8 Å². The molecule has 1 saturated heterocycles. The third-order valence-corrected chi connectivity index (χ3v) is 6.38. The highest BCUT2D eigenvalue weighted by Gasteiger charge is 2.22. The van der Waals surface area contributed by atoms with Crippen LogP contribution in [0.4, 0.5) is 5.69 Å². The second kappa shape index (κ2) is 9.51. The van der Waals surface area contributed by atoms with Crippen LogP contribution in [0.2, 0.25) is 0 Å². The summed E-state index contributed by atoms with van der Waals surface area (Å²) < 4.78 is 5.24. The average molecular weight is 438 g/mol. The Morgan fingerprint density at radius 1 is 1.13 bits per heavy atom. The maximum Gasteiger partial charge on any atom is 0.259 e.